The topological polar surface area (TPSA) is 96.4 Å². The van der Waals surface area contributed by atoms with Crippen molar-refractivity contribution in [2.24, 2.45) is 0 Å². The van der Waals surface area contributed by atoms with E-state index >= 15 is 0 Å². The van der Waals surface area contributed by atoms with Crippen LogP contribution in [0.3, 0.4) is 0 Å². The van der Waals surface area contributed by atoms with Crippen LogP contribution >= 0.6 is 11.3 Å². The van der Waals surface area contributed by atoms with Gasteiger partial charge in [0.1, 0.15) is 17.2 Å². The Morgan fingerprint density at radius 3 is 2.86 bits per heavy atom. The third-order valence-electron chi connectivity index (χ3n) is 4.83. The molecule has 1 amide bonds. The number of fused-ring (bicyclic) bond motifs is 1. The number of amides is 1. The Bertz CT molecular complexity index is 990. The minimum atomic E-state index is -0.319. The summed E-state index contributed by atoms with van der Waals surface area (Å²) in [4.78, 5) is 20.4. The highest BCUT2D eigenvalue weighted by Gasteiger charge is 2.23. The number of anilines is 1. The van der Waals surface area contributed by atoms with Crippen molar-refractivity contribution in [2.45, 2.75) is 37.8 Å². The van der Waals surface area contributed by atoms with E-state index < -0.39 is 0 Å². The van der Waals surface area contributed by atoms with Gasteiger partial charge in [0.25, 0.3) is 5.91 Å². The van der Waals surface area contributed by atoms with Gasteiger partial charge in [-0.2, -0.15) is 0 Å². The summed E-state index contributed by atoms with van der Waals surface area (Å²) in [5.74, 6) is 0.944. The van der Waals surface area contributed by atoms with E-state index in [-0.39, 0.29) is 18.1 Å². The van der Waals surface area contributed by atoms with Crippen molar-refractivity contribution < 1.29 is 14.6 Å². The van der Waals surface area contributed by atoms with Gasteiger partial charge >= 0.3 is 0 Å². The van der Waals surface area contributed by atoms with Crippen molar-refractivity contribution in [1.29, 1.82) is 0 Å². The van der Waals surface area contributed by atoms with E-state index in [0.717, 1.165) is 41.0 Å². The highest BCUT2D eigenvalue weighted by Crippen LogP contribution is 2.32. The average Bonchev–Trinajstić information content (AvgIpc) is 3.11. The van der Waals surface area contributed by atoms with Crippen LogP contribution in [0.1, 0.15) is 36.2 Å². The van der Waals surface area contributed by atoms with Crippen molar-refractivity contribution in [3.05, 3.63) is 42.2 Å². The number of aliphatic hydroxyl groups is 1. The van der Waals surface area contributed by atoms with Gasteiger partial charge in [-0.1, -0.05) is 24.2 Å². The summed E-state index contributed by atoms with van der Waals surface area (Å²) >= 11 is 1.54. The van der Waals surface area contributed by atoms with Gasteiger partial charge in [0.05, 0.1) is 22.4 Å². The van der Waals surface area contributed by atoms with Crippen LogP contribution in [0.4, 0.5) is 5.13 Å². The predicted octanol–water partition coefficient (Wildman–Crippen LogP) is 3.56. The first-order valence-corrected chi connectivity index (χ1v) is 10.2. The zero-order valence-electron chi connectivity index (χ0n) is 15.5. The fraction of sp³-hybridized carbons (Fsp3) is 0.350. The summed E-state index contributed by atoms with van der Waals surface area (Å²) < 4.78 is 6.89. The molecule has 0 bridgehead atoms. The molecule has 1 fully saturated rings. The molecule has 28 heavy (non-hydrogen) atoms. The molecule has 1 aliphatic rings. The zero-order chi connectivity index (χ0) is 19.5. The molecule has 2 heterocycles. The van der Waals surface area contributed by atoms with Crippen molar-refractivity contribution in [1.82, 2.24) is 15.3 Å². The zero-order valence-corrected chi connectivity index (χ0v) is 16.3. The maximum absolute atomic E-state index is 11.7. The van der Waals surface area contributed by atoms with Crippen LogP contribution in [-0.2, 0) is 0 Å². The summed E-state index contributed by atoms with van der Waals surface area (Å²) in [5, 5.41) is 16.9. The molecule has 7 nitrogen and oxygen atoms in total. The van der Waals surface area contributed by atoms with Crippen LogP contribution in [-0.4, -0.2) is 40.2 Å². The molecular weight excluding hydrogens is 376 g/mol. The second-order valence-corrected chi connectivity index (χ2v) is 7.84. The number of nitrogens with one attached hydrogen (secondary N) is 2. The Balaban J connectivity index is 1.51. The van der Waals surface area contributed by atoms with E-state index in [1.807, 2.05) is 18.2 Å². The third-order valence-corrected chi connectivity index (χ3v) is 5.77. The van der Waals surface area contributed by atoms with Crippen LogP contribution in [0.2, 0.25) is 0 Å². The quantitative estimate of drug-likeness (QED) is 0.608. The first-order valence-electron chi connectivity index (χ1n) is 9.33. The lowest BCUT2D eigenvalue weighted by Gasteiger charge is -2.27. The number of carbonyl (C=O) groups is 1. The molecule has 2 aromatic heterocycles. The number of rotatable bonds is 5. The lowest BCUT2D eigenvalue weighted by atomic mass is 9.93. The Labute approximate surface area is 166 Å². The Morgan fingerprint density at radius 2 is 2.04 bits per heavy atom. The first kappa shape index (κ1) is 18.6. The molecule has 8 heteroatoms. The summed E-state index contributed by atoms with van der Waals surface area (Å²) in [7, 11) is 1.56. The molecule has 0 saturated heterocycles. The van der Waals surface area contributed by atoms with Gasteiger partial charge in [-0.25, -0.2) is 4.98 Å². The molecule has 0 spiro atoms. The molecule has 0 radical (unpaired) electrons. The summed E-state index contributed by atoms with van der Waals surface area (Å²) in [6, 6.07) is 9.06. The van der Waals surface area contributed by atoms with Crippen LogP contribution in [0.25, 0.3) is 10.2 Å². The predicted molar refractivity (Wildman–Crippen MR) is 109 cm³/mol. The number of aliphatic hydroxyl groups excluding tert-OH is 1. The molecule has 0 aliphatic heterocycles. The Hall–Kier alpha value is -2.71. The SMILES string of the molecule is CNC(=O)c1cc(Oc2ccc3nc(NC4CCCC[C@H]4O)sc3c2)ccn1. The molecule has 1 saturated carbocycles. The normalized spacial score (nSPS) is 19.4. The number of nitrogens with zero attached hydrogens (tertiary/aromatic N) is 2. The summed E-state index contributed by atoms with van der Waals surface area (Å²) in [5.41, 5.74) is 1.18. The second-order valence-electron chi connectivity index (χ2n) is 6.81. The molecule has 3 aromatic rings. The fourth-order valence-corrected chi connectivity index (χ4v) is 4.29. The van der Waals surface area contributed by atoms with Gasteiger partial charge in [-0.3, -0.25) is 9.78 Å². The number of pyridine rings is 1. The van der Waals surface area contributed by atoms with E-state index in [0.29, 0.717) is 17.2 Å². The van der Waals surface area contributed by atoms with E-state index in [4.69, 9.17) is 4.74 Å². The number of ether oxygens (including phenoxy) is 1. The Kier molecular flexibility index (Phi) is 5.40. The molecule has 4 rings (SSSR count). The lowest BCUT2D eigenvalue weighted by molar-refractivity contribution is 0.0957. The third kappa shape index (κ3) is 4.07. The molecule has 1 unspecified atom stereocenters. The average molecular weight is 398 g/mol. The lowest BCUT2D eigenvalue weighted by Crippen LogP contribution is -2.36. The van der Waals surface area contributed by atoms with Crippen molar-refractivity contribution >= 4 is 32.6 Å². The van der Waals surface area contributed by atoms with Crippen molar-refractivity contribution in [3.8, 4) is 11.5 Å². The standard InChI is InChI=1S/C20H22N4O3S/c1-21-19(26)16-10-13(8-9-22-16)27-12-6-7-15-18(11-12)28-20(24-15)23-14-4-2-3-5-17(14)25/h6-11,14,17,25H,2-5H2,1H3,(H,21,26)(H,23,24)/t14?,17-/m1/s1. The van der Waals surface area contributed by atoms with Gasteiger partial charge in [-0.15, -0.1) is 0 Å². The van der Waals surface area contributed by atoms with Crippen LogP contribution in [0.5, 0.6) is 11.5 Å². The number of carbonyl (C=O) groups excluding carboxylic acids is 1. The van der Waals surface area contributed by atoms with Gasteiger partial charge in [0, 0.05) is 25.4 Å². The first-order chi connectivity index (χ1) is 13.6. The van der Waals surface area contributed by atoms with E-state index in [1.54, 1.807) is 25.4 Å². The summed E-state index contributed by atoms with van der Waals surface area (Å²) in [6.07, 6.45) is 5.23. The van der Waals surface area contributed by atoms with E-state index in [2.05, 4.69) is 20.6 Å². The highest BCUT2D eigenvalue weighted by molar-refractivity contribution is 7.22. The van der Waals surface area contributed by atoms with Crippen molar-refractivity contribution in [2.75, 3.05) is 12.4 Å². The molecule has 2 atom stereocenters. The number of hydrogen-bond acceptors (Lipinski definition) is 7. The van der Waals surface area contributed by atoms with Crippen LogP contribution < -0.4 is 15.4 Å². The highest BCUT2D eigenvalue weighted by atomic mass is 32.1. The van der Waals surface area contributed by atoms with Gasteiger partial charge in [0.2, 0.25) is 0 Å². The minimum Gasteiger partial charge on any atom is -0.457 e. The number of aromatic nitrogens is 2. The fourth-order valence-electron chi connectivity index (χ4n) is 3.33. The molecule has 1 aromatic carbocycles. The minimum absolute atomic E-state index is 0.0602. The van der Waals surface area contributed by atoms with Gasteiger partial charge in [0.15, 0.2) is 5.13 Å². The number of thiazole rings is 1. The molecule has 146 valence electrons. The van der Waals surface area contributed by atoms with E-state index in [9.17, 15) is 9.90 Å². The van der Waals surface area contributed by atoms with Gasteiger partial charge in [-0.05, 0) is 31.0 Å². The smallest absolute Gasteiger partial charge is 0.269 e. The number of hydrogen-bond donors (Lipinski definition) is 3. The largest absolute Gasteiger partial charge is 0.457 e. The summed E-state index contributed by atoms with van der Waals surface area (Å²) in [6.45, 7) is 0. The maximum atomic E-state index is 11.7. The number of benzene rings is 1. The van der Waals surface area contributed by atoms with Gasteiger partial charge < -0.3 is 20.5 Å². The monoisotopic (exact) mass is 398 g/mol. The molecular formula is C20H22N4O3S. The maximum Gasteiger partial charge on any atom is 0.269 e. The van der Waals surface area contributed by atoms with E-state index in [1.165, 1.54) is 11.3 Å². The molecule has 3 N–H and O–H groups in total. The molecule has 1 aliphatic carbocycles. The van der Waals surface area contributed by atoms with Crippen molar-refractivity contribution in [3.63, 3.8) is 0 Å². The second kappa shape index (κ2) is 8.12. The Morgan fingerprint density at radius 1 is 1.21 bits per heavy atom. The van der Waals surface area contributed by atoms with Crippen LogP contribution in [0, 0.1) is 0 Å². The van der Waals surface area contributed by atoms with Crippen LogP contribution in [0.15, 0.2) is 36.5 Å².